The Balaban J connectivity index is 2.17. The van der Waals surface area contributed by atoms with Crippen LogP contribution in [0.5, 0.6) is 5.75 Å². The monoisotopic (exact) mass is 261 g/mol. The molecule has 4 nitrogen and oxygen atoms in total. The van der Waals surface area contributed by atoms with Crippen molar-refractivity contribution in [2.75, 3.05) is 7.11 Å². The van der Waals surface area contributed by atoms with E-state index in [2.05, 4.69) is 0 Å². The molecule has 0 aliphatic heterocycles. The summed E-state index contributed by atoms with van der Waals surface area (Å²) >= 11 is 1.48. The molecule has 92 valence electrons. The number of non-ortho nitro benzene ring substituents is 1. The molecule has 0 aliphatic carbocycles. The predicted octanol–water partition coefficient (Wildman–Crippen LogP) is 3.75. The van der Waals surface area contributed by atoms with Crippen LogP contribution in [0.1, 0.15) is 0 Å². The van der Waals surface area contributed by atoms with Gasteiger partial charge in [-0.1, -0.05) is 17.8 Å². The molecule has 0 bridgehead atoms. The molecule has 0 amide bonds. The van der Waals surface area contributed by atoms with Crippen molar-refractivity contribution in [1.29, 1.82) is 0 Å². The third-order valence-corrected chi connectivity index (χ3v) is 3.32. The molecule has 0 aliphatic rings. The molecule has 0 saturated carbocycles. The van der Waals surface area contributed by atoms with Crippen molar-refractivity contribution in [3.63, 3.8) is 0 Å². The smallest absolute Gasteiger partial charge is 0.270 e. The second-order valence-electron chi connectivity index (χ2n) is 3.53. The Hall–Kier alpha value is -2.01. The molecule has 0 unspecified atom stereocenters. The topological polar surface area (TPSA) is 52.4 Å². The zero-order valence-electron chi connectivity index (χ0n) is 9.70. The second kappa shape index (κ2) is 5.55. The number of nitrogens with zero attached hydrogens (tertiary/aromatic N) is 1. The van der Waals surface area contributed by atoms with Crippen LogP contribution in [0.15, 0.2) is 58.3 Å². The van der Waals surface area contributed by atoms with Crippen LogP contribution in [0.4, 0.5) is 5.69 Å². The highest BCUT2D eigenvalue weighted by atomic mass is 32.2. The van der Waals surface area contributed by atoms with Crippen molar-refractivity contribution in [3.05, 3.63) is 58.6 Å². The van der Waals surface area contributed by atoms with Crippen LogP contribution in [-0.2, 0) is 0 Å². The van der Waals surface area contributed by atoms with Gasteiger partial charge >= 0.3 is 0 Å². The summed E-state index contributed by atoms with van der Waals surface area (Å²) in [6.07, 6.45) is 0. The number of benzene rings is 2. The van der Waals surface area contributed by atoms with E-state index in [1.807, 2.05) is 30.3 Å². The van der Waals surface area contributed by atoms with E-state index in [0.29, 0.717) is 0 Å². The molecule has 0 saturated heterocycles. The summed E-state index contributed by atoms with van der Waals surface area (Å²) in [5, 5.41) is 10.7. The molecule has 0 heterocycles. The van der Waals surface area contributed by atoms with Crippen LogP contribution in [0, 0.1) is 10.1 Å². The minimum atomic E-state index is -0.391. The Morgan fingerprint density at radius 3 is 2.44 bits per heavy atom. The SMILES string of the molecule is COc1ccc(Sc2cccc([N+](=O)[O-])c2)cc1. The second-order valence-corrected chi connectivity index (χ2v) is 4.68. The molecule has 5 heteroatoms. The fourth-order valence-corrected chi connectivity index (χ4v) is 2.31. The van der Waals surface area contributed by atoms with E-state index in [1.165, 1.54) is 17.8 Å². The molecule has 0 aromatic heterocycles. The lowest BCUT2D eigenvalue weighted by Gasteiger charge is -2.03. The normalized spacial score (nSPS) is 10.1. The Morgan fingerprint density at radius 1 is 1.11 bits per heavy atom. The third kappa shape index (κ3) is 3.01. The summed E-state index contributed by atoms with van der Waals surface area (Å²) in [5.41, 5.74) is 0.105. The van der Waals surface area contributed by atoms with E-state index in [9.17, 15) is 10.1 Å². The van der Waals surface area contributed by atoms with Crippen LogP contribution in [-0.4, -0.2) is 12.0 Å². The lowest BCUT2D eigenvalue weighted by atomic mass is 10.3. The van der Waals surface area contributed by atoms with Crippen molar-refractivity contribution < 1.29 is 9.66 Å². The molecule has 0 atom stereocenters. The van der Waals surface area contributed by atoms with Gasteiger partial charge in [-0.15, -0.1) is 0 Å². The van der Waals surface area contributed by atoms with Crippen molar-refractivity contribution in [2.24, 2.45) is 0 Å². The molecule has 0 N–H and O–H groups in total. The number of hydrogen-bond donors (Lipinski definition) is 0. The summed E-state index contributed by atoms with van der Waals surface area (Å²) in [6, 6.07) is 14.1. The fraction of sp³-hybridized carbons (Fsp3) is 0.0769. The lowest BCUT2D eigenvalue weighted by molar-refractivity contribution is -0.385. The van der Waals surface area contributed by atoms with Gasteiger partial charge in [0, 0.05) is 21.9 Å². The van der Waals surface area contributed by atoms with E-state index in [-0.39, 0.29) is 5.69 Å². The summed E-state index contributed by atoms with van der Waals surface area (Å²) in [6.45, 7) is 0. The molecule has 0 radical (unpaired) electrons. The maximum atomic E-state index is 10.7. The summed E-state index contributed by atoms with van der Waals surface area (Å²) in [4.78, 5) is 12.1. The summed E-state index contributed by atoms with van der Waals surface area (Å²) in [5.74, 6) is 0.790. The van der Waals surface area contributed by atoms with Crippen LogP contribution in [0.25, 0.3) is 0 Å². The van der Waals surface area contributed by atoms with Crippen molar-refractivity contribution in [3.8, 4) is 5.75 Å². The highest BCUT2D eigenvalue weighted by Gasteiger charge is 2.06. The maximum absolute atomic E-state index is 10.7. The van der Waals surface area contributed by atoms with Crippen molar-refractivity contribution in [1.82, 2.24) is 0 Å². The van der Waals surface area contributed by atoms with Crippen molar-refractivity contribution in [2.45, 2.75) is 9.79 Å². The van der Waals surface area contributed by atoms with Gasteiger partial charge in [0.1, 0.15) is 5.75 Å². The van der Waals surface area contributed by atoms with Gasteiger partial charge in [-0.05, 0) is 30.3 Å². The Bertz CT molecular complexity index is 554. The zero-order chi connectivity index (χ0) is 13.0. The number of methoxy groups -OCH3 is 1. The van der Waals surface area contributed by atoms with Gasteiger partial charge in [-0.25, -0.2) is 0 Å². The van der Waals surface area contributed by atoms with E-state index >= 15 is 0 Å². The van der Waals surface area contributed by atoms with Crippen LogP contribution < -0.4 is 4.74 Å². The van der Waals surface area contributed by atoms with E-state index < -0.39 is 4.92 Å². The first-order valence-electron chi connectivity index (χ1n) is 5.25. The third-order valence-electron chi connectivity index (χ3n) is 2.32. The van der Waals surface area contributed by atoms with Gasteiger partial charge in [0.05, 0.1) is 12.0 Å². The fourth-order valence-electron chi connectivity index (χ4n) is 1.44. The van der Waals surface area contributed by atoms with Gasteiger partial charge in [-0.2, -0.15) is 0 Å². The Kier molecular flexibility index (Phi) is 3.84. The molecule has 2 aromatic rings. The van der Waals surface area contributed by atoms with Crippen LogP contribution in [0.2, 0.25) is 0 Å². The number of hydrogen-bond acceptors (Lipinski definition) is 4. The average Bonchev–Trinajstić information content (AvgIpc) is 2.40. The molecular formula is C13H11NO3S. The Morgan fingerprint density at radius 2 is 1.83 bits per heavy atom. The Labute approximate surface area is 109 Å². The van der Waals surface area contributed by atoms with E-state index in [1.54, 1.807) is 19.2 Å². The number of nitro benzene ring substituents is 1. The van der Waals surface area contributed by atoms with Crippen molar-refractivity contribution >= 4 is 17.4 Å². The predicted molar refractivity (Wildman–Crippen MR) is 70.2 cm³/mol. The average molecular weight is 261 g/mol. The molecular weight excluding hydrogens is 250 g/mol. The molecule has 2 rings (SSSR count). The first-order chi connectivity index (χ1) is 8.69. The number of rotatable bonds is 4. The highest BCUT2D eigenvalue weighted by molar-refractivity contribution is 7.99. The minimum absolute atomic E-state index is 0.105. The number of nitro groups is 1. The highest BCUT2D eigenvalue weighted by Crippen LogP contribution is 2.30. The largest absolute Gasteiger partial charge is 0.497 e. The first-order valence-corrected chi connectivity index (χ1v) is 6.07. The van der Waals surface area contributed by atoms with Gasteiger partial charge in [-0.3, -0.25) is 10.1 Å². The standard InChI is InChI=1S/C13H11NO3S/c1-17-11-5-7-12(8-6-11)18-13-4-2-3-10(9-13)14(15)16/h2-9H,1H3. The minimum Gasteiger partial charge on any atom is -0.497 e. The zero-order valence-corrected chi connectivity index (χ0v) is 10.5. The van der Waals surface area contributed by atoms with Gasteiger partial charge in [0.25, 0.3) is 5.69 Å². The molecule has 0 spiro atoms. The van der Waals surface area contributed by atoms with Gasteiger partial charge in [0.2, 0.25) is 0 Å². The maximum Gasteiger partial charge on any atom is 0.270 e. The first kappa shape index (κ1) is 12.4. The van der Waals surface area contributed by atoms with Crippen LogP contribution in [0.3, 0.4) is 0 Å². The number of ether oxygens (including phenoxy) is 1. The summed E-state index contributed by atoms with van der Waals surface area (Å²) < 4.78 is 5.07. The molecule has 2 aromatic carbocycles. The molecule has 0 fully saturated rings. The van der Waals surface area contributed by atoms with Gasteiger partial charge in [0.15, 0.2) is 0 Å². The van der Waals surface area contributed by atoms with E-state index in [4.69, 9.17) is 4.74 Å². The van der Waals surface area contributed by atoms with E-state index in [0.717, 1.165) is 15.5 Å². The molecule has 18 heavy (non-hydrogen) atoms. The summed E-state index contributed by atoms with van der Waals surface area (Å²) in [7, 11) is 1.61. The van der Waals surface area contributed by atoms with Crippen LogP contribution >= 0.6 is 11.8 Å². The van der Waals surface area contributed by atoms with Gasteiger partial charge < -0.3 is 4.74 Å². The quantitative estimate of drug-likeness (QED) is 0.621. The lowest BCUT2D eigenvalue weighted by Crippen LogP contribution is -1.87.